The van der Waals surface area contributed by atoms with Gasteiger partial charge in [0, 0.05) is 0 Å². The Labute approximate surface area is 158 Å². The summed E-state index contributed by atoms with van der Waals surface area (Å²) in [5.41, 5.74) is 2.48. The zero-order valence-corrected chi connectivity index (χ0v) is 15.7. The van der Waals surface area contributed by atoms with Gasteiger partial charge < -0.3 is 0 Å². The minimum Gasteiger partial charge on any atom is -0.288 e. The molecule has 2 aromatic heterocycles. The van der Waals surface area contributed by atoms with Crippen molar-refractivity contribution >= 4 is 21.6 Å². The summed E-state index contributed by atoms with van der Waals surface area (Å²) in [4.78, 5) is 26.1. The Morgan fingerprint density at radius 2 is 1.74 bits per heavy atom. The first-order valence-corrected chi connectivity index (χ1v) is 9.39. The average Bonchev–Trinajstić information content (AvgIpc) is 3.13. The standard InChI is InChI=1S/C21H17FN2O2S/c1-13-3-6-15(7-4-13)12-23-18-9-10-27-19(18)20(25)24(21(23)26)16-8-5-14(2)17(22)11-16/h3-11H,12H2,1-2H3. The highest BCUT2D eigenvalue weighted by Gasteiger charge is 2.16. The highest BCUT2D eigenvalue weighted by Crippen LogP contribution is 2.18. The summed E-state index contributed by atoms with van der Waals surface area (Å²) in [6.07, 6.45) is 0. The van der Waals surface area contributed by atoms with E-state index in [0.29, 0.717) is 22.3 Å². The average molecular weight is 380 g/mol. The topological polar surface area (TPSA) is 44.0 Å². The van der Waals surface area contributed by atoms with E-state index in [4.69, 9.17) is 0 Å². The molecule has 0 bridgehead atoms. The first kappa shape index (κ1) is 17.4. The summed E-state index contributed by atoms with van der Waals surface area (Å²) < 4.78 is 17.1. The van der Waals surface area contributed by atoms with E-state index in [1.54, 1.807) is 35.1 Å². The van der Waals surface area contributed by atoms with Crippen LogP contribution in [0.5, 0.6) is 0 Å². The third kappa shape index (κ3) is 3.02. The summed E-state index contributed by atoms with van der Waals surface area (Å²) >= 11 is 1.28. The third-order valence-corrected chi connectivity index (χ3v) is 5.52. The van der Waals surface area contributed by atoms with Crippen LogP contribution < -0.4 is 11.2 Å². The Kier molecular flexibility index (Phi) is 4.28. The van der Waals surface area contributed by atoms with Gasteiger partial charge in [-0.05, 0) is 48.6 Å². The normalized spacial score (nSPS) is 11.2. The summed E-state index contributed by atoms with van der Waals surface area (Å²) in [7, 11) is 0. The molecule has 0 saturated carbocycles. The molecule has 0 fully saturated rings. The van der Waals surface area contributed by atoms with E-state index in [1.165, 1.54) is 17.4 Å². The molecular weight excluding hydrogens is 363 g/mol. The monoisotopic (exact) mass is 380 g/mol. The lowest BCUT2D eigenvalue weighted by molar-refractivity contribution is 0.615. The number of nitrogens with zero attached hydrogens (tertiary/aromatic N) is 2. The van der Waals surface area contributed by atoms with Gasteiger partial charge in [0.05, 0.1) is 17.7 Å². The fourth-order valence-electron chi connectivity index (χ4n) is 3.06. The van der Waals surface area contributed by atoms with Gasteiger partial charge in [-0.1, -0.05) is 35.9 Å². The van der Waals surface area contributed by atoms with Crippen LogP contribution in [0.15, 0.2) is 63.5 Å². The number of fused-ring (bicyclic) bond motifs is 1. The van der Waals surface area contributed by atoms with Gasteiger partial charge in [0.15, 0.2) is 0 Å². The van der Waals surface area contributed by atoms with Crippen LogP contribution in [0.1, 0.15) is 16.7 Å². The van der Waals surface area contributed by atoms with Gasteiger partial charge in [0.2, 0.25) is 0 Å². The van der Waals surface area contributed by atoms with E-state index in [1.807, 2.05) is 31.2 Å². The Hall–Kier alpha value is -2.99. The Bertz CT molecular complexity index is 1270. The molecular formula is C21H17FN2O2S. The van der Waals surface area contributed by atoms with E-state index in [-0.39, 0.29) is 5.69 Å². The van der Waals surface area contributed by atoms with Crippen molar-refractivity contribution in [2.75, 3.05) is 0 Å². The summed E-state index contributed by atoms with van der Waals surface area (Å²) in [6, 6.07) is 14.1. The van der Waals surface area contributed by atoms with Crippen LogP contribution in [-0.2, 0) is 6.54 Å². The number of aryl methyl sites for hydroxylation is 2. The first-order valence-electron chi connectivity index (χ1n) is 8.51. The van der Waals surface area contributed by atoms with Crippen molar-refractivity contribution < 1.29 is 4.39 Å². The van der Waals surface area contributed by atoms with Crippen molar-refractivity contribution in [3.8, 4) is 5.69 Å². The van der Waals surface area contributed by atoms with Crippen LogP contribution in [0.3, 0.4) is 0 Å². The molecule has 0 aliphatic carbocycles. The van der Waals surface area contributed by atoms with Crippen LogP contribution in [0.4, 0.5) is 4.39 Å². The SMILES string of the molecule is Cc1ccc(Cn2c(=O)n(-c3ccc(C)c(F)c3)c(=O)c3sccc32)cc1. The second-order valence-corrected chi connectivity index (χ2v) is 7.48. The van der Waals surface area contributed by atoms with Gasteiger partial charge in [-0.15, -0.1) is 11.3 Å². The molecule has 4 rings (SSSR count). The van der Waals surface area contributed by atoms with Gasteiger partial charge in [0.1, 0.15) is 10.5 Å². The lowest BCUT2D eigenvalue weighted by atomic mass is 10.1. The van der Waals surface area contributed by atoms with Crippen molar-refractivity contribution in [1.82, 2.24) is 9.13 Å². The number of halogens is 1. The molecule has 2 aromatic carbocycles. The minimum atomic E-state index is -0.477. The molecule has 0 N–H and O–H groups in total. The number of aromatic nitrogens is 2. The lowest BCUT2D eigenvalue weighted by Crippen LogP contribution is -2.38. The fourth-order valence-corrected chi connectivity index (χ4v) is 3.89. The van der Waals surface area contributed by atoms with Crippen molar-refractivity contribution in [1.29, 1.82) is 0 Å². The van der Waals surface area contributed by atoms with Gasteiger partial charge in [0.25, 0.3) is 5.56 Å². The van der Waals surface area contributed by atoms with E-state index in [0.717, 1.165) is 15.7 Å². The van der Waals surface area contributed by atoms with Crippen LogP contribution >= 0.6 is 11.3 Å². The maximum atomic E-state index is 14.0. The fraction of sp³-hybridized carbons (Fsp3) is 0.143. The number of benzene rings is 2. The van der Waals surface area contributed by atoms with Crippen molar-refractivity contribution in [3.63, 3.8) is 0 Å². The molecule has 4 aromatic rings. The number of hydrogen-bond donors (Lipinski definition) is 0. The second kappa shape index (κ2) is 6.63. The molecule has 0 saturated heterocycles. The van der Waals surface area contributed by atoms with Crippen LogP contribution in [0, 0.1) is 19.7 Å². The maximum absolute atomic E-state index is 14.0. The van der Waals surface area contributed by atoms with E-state index in [2.05, 4.69) is 0 Å². The molecule has 0 unspecified atom stereocenters. The molecule has 2 heterocycles. The molecule has 136 valence electrons. The molecule has 0 radical (unpaired) electrons. The zero-order chi connectivity index (χ0) is 19.1. The number of hydrogen-bond acceptors (Lipinski definition) is 3. The molecule has 0 atom stereocenters. The Balaban J connectivity index is 1.97. The van der Waals surface area contributed by atoms with Crippen molar-refractivity contribution in [3.05, 3.63) is 97.3 Å². The van der Waals surface area contributed by atoms with Gasteiger partial charge in [-0.3, -0.25) is 9.36 Å². The Morgan fingerprint density at radius 1 is 1.00 bits per heavy atom. The molecule has 6 heteroatoms. The molecule has 4 nitrogen and oxygen atoms in total. The highest BCUT2D eigenvalue weighted by atomic mass is 32.1. The quantitative estimate of drug-likeness (QED) is 0.539. The van der Waals surface area contributed by atoms with Crippen molar-refractivity contribution in [2.24, 2.45) is 0 Å². The van der Waals surface area contributed by atoms with Gasteiger partial charge in [-0.2, -0.15) is 0 Å². The van der Waals surface area contributed by atoms with Gasteiger partial charge >= 0.3 is 5.69 Å². The van der Waals surface area contributed by atoms with E-state index in [9.17, 15) is 14.0 Å². The predicted molar refractivity (Wildman–Crippen MR) is 107 cm³/mol. The summed E-state index contributed by atoms with van der Waals surface area (Å²) in [5.74, 6) is -0.449. The Morgan fingerprint density at radius 3 is 2.44 bits per heavy atom. The minimum absolute atomic E-state index is 0.237. The first-order chi connectivity index (χ1) is 13.0. The predicted octanol–water partition coefficient (Wildman–Crippen LogP) is 4.02. The lowest BCUT2D eigenvalue weighted by Gasteiger charge is -2.13. The molecule has 27 heavy (non-hydrogen) atoms. The molecule has 0 amide bonds. The van der Waals surface area contributed by atoms with E-state index < -0.39 is 17.1 Å². The molecule has 0 aliphatic rings. The third-order valence-electron chi connectivity index (χ3n) is 4.63. The largest absolute Gasteiger partial charge is 0.336 e. The summed E-state index contributed by atoms with van der Waals surface area (Å²) in [6.45, 7) is 3.97. The second-order valence-electron chi connectivity index (χ2n) is 6.56. The smallest absolute Gasteiger partial charge is 0.288 e. The number of rotatable bonds is 3. The number of thiophene rings is 1. The van der Waals surface area contributed by atoms with Crippen LogP contribution in [-0.4, -0.2) is 9.13 Å². The summed E-state index contributed by atoms with van der Waals surface area (Å²) in [5, 5.41) is 1.79. The van der Waals surface area contributed by atoms with E-state index >= 15 is 0 Å². The molecule has 0 spiro atoms. The maximum Gasteiger partial charge on any atom is 0.336 e. The van der Waals surface area contributed by atoms with Gasteiger partial charge in [-0.25, -0.2) is 13.8 Å². The molecule has 0 aliphatic heterocycles. The van der Waals surface area contributed by atoms with Crippen molar-refractivity contribution in [2.45, 2.75) is 20.4 Å². The highest BCUT2D eigenvalue weighted by molar-refractivity contribution is 7.17. The zero-order valence-electron chi connectivity index (χ0n) is 14.9. The van der Waals surface area contributed by atoms with Crippen LogP contribution in [0.2, 0.25) is 0 Å². The van der Waals surface area contributed by atoms with Crippen LogP contribution in [0.25, 0.3) is 15.9 Å².